The molecule has 1 heterocycles. The molecule has 1 atom stereocenters. The molecule has 0 aliphatic heterocycles. The molecule has 2 rings (SSSR count). The molecule has 1 aromatic heterocycles. The lowest BCUT2D eigenvalue weighted by Crippen LogP contribution is -2.28. The van der Waals surface area contributed by atoms with E-state index in [0.29, 0.717) is 6.04 Å². The van der Waals surface area contributed by atoms with Crippen LogP contribution in [0.3, 0.4) is 0 Å². The van der Waals surface area contributed by atoms with Gasteiger partial charge in [-0.3, -0.25) is 0 Å². The van der Waals surface area contributed by atoms with Gasteiger partial charge in [0.15, 0.2) is 11.6 Å². The maximum atomic E-state index is 13.2. The smallest absolute Gasteiger partial charge is 0.160 e. The van der Waals surface area contributed by atoms with Crippen molar-refractivity contribution in [1.29, 1.82) is 0 Å². The third-order valence-corrected chi connectivity index (χ3v) is 3.16. The maximum absolute atomic E-state index is 13.2. The average Bonchev–Trinajstić information content (AvgIpc) is 2.62. The first-order valence-electron chi connectivity index (χ1n) is 5.59. The minimum atomic E-state index is -0.796. The van der Waals surface area contributed by atoms with Gasteiger partial charge >= 0.3 is 0 Å². The highest BCUT2D eigenvalue weighted by molar-refractivity contribution is 5.80. The van der Waals surface area contributed by atoms with E-state index in [0.717, 1.165) is 17.4 Å². The van der Waals surface area contributed by atoms with E-state index < -0.39 is 11.6 Å². The van der Waals surface area contributed by atoms with Gasteiger partial charge < -0.3 is 9.47 Å². The zero-order chi connectivity index (χ0) is 12.6. The Labute approximate surface area is 99.4 Å². The van der Waals surface area contributed by atoms with E-state index in [1.165, 1.54) is 12.1 Å². The second kappa shape index (κ2) is 4.45. The summed E-state index contributed by atoms with van der Waals surface area (Å²) in [5.41, 5.74) is 0.734. The second-order valence-corrected chi connectivity index (χ2v) is 4.61. The van der Waals surface area contributed by atoms with Crippen LogP contribution < -0.4 is 0 Å². The molecule has 0 aliphatic carbocycles. The lowest BCUT2D eigenvalue weighted by Gasteiger charge is -2.20. The second-order valence-electron chi connectivity index (χ2n) is 4.61. The minimum Gasteiger partial charge on any atom is -0.346 e. The summed E-state index contributed by atoms with van der Waals surface area (Å²) in [6, 6.07) is 4.63. The predicted molar refractivity (Wildman–Crippen MR) is 65.0 cm³/mol. The van der Waals surface area contributed by atoms with Crippen LogP contribution in [0.1, 0.15) is 6.92 Å². The van der Waals surface area contributed by atoms with E-state index in [9.17, 15) is 8.78 Å². The van der Waals surface area contributed by atoms with Gasteiger partial charge in [0.25, 0.3) is 0 Å². The van der Waals surface area contributed by atoms with E-state index in [1.807, 2.05) is 24.9 Å². The van der Waals surface area contributed by atoms with Crippen molar-refractivity contribution in [2.45, 2.75) is 19.5 Å². The van der Waals surface area contributed by atoms with Crippen molar-refractivity contribution >= 4 is 10.9 Å². The van der Waals surface area contributed by atoms with Crippen molar-refractivity contribution in [3.05, 3.63) is 36.0 Å². The SMILES string of the molecule is CC(Cn1ccc2cc(F)c(F)cc21)N(C)C. The summed E-state index contributed by atoms with van der Waals surface area (Å²) in [6.07, 6.45) is 1.86. The molecule has 17 heavy (non-hydrogen) atoms. The summed E-state index contributed by atoms with van der Waals surface area (Å²) in [4.78, 5) is 2.09. The lowest BCUT2D eigenvalue weighted by atomic mass is 10.2. The molecule has 0 saturated heterocycles. The molecule has 92 valence electrons. The van der Waals surface area contributed by atoms with Crippen molar-refractivity contribution in [2.24, 2.45) is 0 Å². The van der Waals surface area contributed by atoms with Gasteiger partial charge in [0, 0.05) is 30.2 Å². The largest absolute Gasteiger partial charge is 0.346 e. The fraction of sp³-hybridized carbons (Fsp3) is 0.385. The summed E-state index contributed by atoms with van der Waals surface area (Å²) < 4.78 is 28.2. The van der Waals surface area contributed by atoms with Crippen LogP contribution in [0, 0.1) is 11.6 Å². The van der Waals surface area contributed by atoms with Crippen molar-refractivity contribution in [2.75, 3.05) is 14.1 Å². The molecule has 1 aromatic carbocycles. The summed E-state index contributed by atoms with van der Waals surface area (Å²) in [5.74, 6) is -1.59. The van der Waals surface area contributed by atoms with E-state index in [4.69, 9.17) is 0 Å². The van der Waals surface area contributed by atoms with Gasteiger partial charge in [-0.05, 0) is 33.2 Å². The third-order valence-electron chi connectivity index (χ3n) is 3.16. The first kappa shape index (κ1) is 12.0. The van der Waals surface area contributed by atoms with E-state index in [-0.39, 0.29) is 0 Å². The Morgan fingerprint density at radius 1 is 1.24 bits per heavy atom. The Hall–Kier alpha value is -1.42. The minimum absolute atomic E-state index is 0.332. The molecule has 0 fully saturated rings. The van der Waals surface area contributed by atoms with Gasteiger partial charge in [0.1, 0.15) is 0 Å². The fourth-order valence-electron chi connectivity index (χ4n) is 1.79. The molecule has 0 aliphatic rings. The molecule has 0 radical (unpaired) electrons. The molecule has 1 unspecified atom stereocenters. The van der Waals surface area contributed by atoms with Crippen molar-refractivity contribution in [3.63, 3.8) is 0 Å². The number of rotatable bonds is 3. The van der Waals surface area contributed by atoms with Crippen LogP contribution >= 0.6 is 0 Å². The highest BCUT2D eigenvalue weighted by Crippen LogP contribution is 2.20. The number of benzene rings is 1. The van der Waals surface area contributed by atoms with Gasteiger partial charge in [0.05, 0.1) is 5.52 Å². The molecule has 0 amide bonds. The molecule has 0 saturated carbocycles. The van der Waals surface area contributed by atoms with E-state index in [1.54, 1.807) is 6.07 Å². The van der Waals surface area contributed by atoms with Crippen LogP contribution in [0.25, 0.3) is 10.9 Å². The topological polar surface area (TPSA) is 8.17 Å². The third kappa shape index (κ3) is 2.31. The quantitative estimate of drug-likeness (QED) is 0.798. The van der Waals surface area contributed by atoms with Crippen LogP contribution in [0.5, 0.6) is 0 Å². The van der Waals surface area contributed by atoms with Crippen LogP contribution in [0.15, 0.2) is 24.4 Å². The van der Waals surface area contributed by atoms with Gasteiger partial charge in [-0.25, -0.2) is 8.78 Å². The number of hydrogen-bond donors (Lipinski definition) is 0. The number of fused-ring (bicyclic) bond motifs is 1. The first-order chi connectivity index (χ1) is 7.99. The average molecular weight is 238 g/mol. The number of likely N-dealkylation sites (N-methyl/N-ethyl adjacent to an activating group) is 1. The molecular weight excluding hydrogens is 222 g/mol. The van der Waals surface area contributed by atoms with Crippen LogP contribution in [-0.2, 0) is 6.54 Å². The molecule has 0 spiro atoms. The number of hydrogen-bond acceptors (Lipinski definition) is 1. The van der Waals surface area contributed by atoms with Crippen molar-refractivity contribution in [3.8, 4) is 0 Å². The highest BCUT2D eigenvalue weighted by atomic mass is 19.2. The molecule has 2 aromatic rings. The molecule has 2 nitrogen and oxygen atoms in total. The van der Waals surface area contributed by atoms with Gasteiger partial charge in [-0.15, -0.1) is 0 Å². The Balaban J connectivity index is 2.39. The molecule has 4 heteroatoms. The Kier molecular flexibility index (Phi) is 3.15. The summed E-state index contributed by atoms with van der Waals surface area (Å²) in [5, 5.41) is 0.731. The zero-order valence-electron chi connectivity index (χ0n) is 10.2. The number of aromatic nitrogens is 1. The van der Waals surface area contributed by atoms with E-state index in [2.05, 4.69) is 11.8 Å². The maximum Gasteiger partial charge on any atom is 0.160 e. The van der Waals surface area contributed by atoms with Crippen LogP contribution in [0.2, 0.25) is 0 Å². The van der Waals surface area contributed by atoms with Crippen molar-refractivity contribution in [1.82, 2.24) is 9.47 Å². The Morgan fingerprint density at radius 2 is 1.88 bits per heavy atom. The number of nitrogens with zero attached hydrogens (tertiary/aromatic N) is 2. The lowest BCUT2D eigenvalue weighted by molar-refractivity contribution is 0.286. The Bertz CT molecular complexity index is 531. The molecule has 0 N–H and O–H groups in total. The monoisotopic (exact) mass is 238 g/mol. The molecular formula is C13H16F2N2. The Morgan fingerprint density at radius 3 is 2.53 bits per heavy atom. The first-order valence-corrected chi connectivity index (χ1v) is 5.59. The zero-order valence-corrected chi connectivity index (χ0v) is 10.2. The van der Waals surface area contributed by atoms with Gasteiger partial charge in [-0.2, -0.15) is 0 Å². The summed E-state index contributed by atoms with van der Waals surface area (Å²) >= 11 is 0. The standard InChI is InChI=1S/C13H16F2N2/c1-9(16(2)3)8-17-5-4-10-6-11(14)12(15)7-13(10)17/h4-7,9H,8H2,1-3H3. The number of halogens is 2. The van der Waals surface area contributed by atoms with Gasteiger partial charge in [0.2, 0.25) is 0 Å². The fourth-order valence-corrected chi connectivity index (χ4v) is 1.79. The predicted octanol–water partition coefficient (Wildman–Crippen LogP) is 2.87. The normalized spacial score (nSPS) is 13.5. The van der Waals surface area contributed by atoms with Crippen molar-refractivity contribution < 1.29 is 8.78 Å². The highest BCUT2D eigenvalue weighted by Gasteiger charge is 2.10. The summed E-state index contributed by atoms with van der Waals surface area (Å²) in [7, 11) is 3.99. The van der Waals surface area contributed by atoms with Crippen LogP contribution in [-0.4, -0.2) is 29.6 Å². The van der Waals surface area contributed by atoms with E-state index >= 15 is 0 Å². The summed E-state index contributed by atoms with van der Waals surface area (Å²) in [6.45, 7) is 2.84. The molecule has 0 bridgehead atoms. The van der Waals surface area contributed by atoms with Gasteiger partial charge in [-0.1, -0.05) is 0 Å². The van der Waals surface area contributed by atoms with Crippen LogP contribution in [0.4, 0.5) is 8.78 Å².